The van der Waals surface area contributed by atoms with E-state index in [0.717, 1.165) is 44.9 Å². The molecule has 6 nitrogen and oxygen atoms in total. The SMILES string of the molecule is CCCCCCCCCCCCCCCCCCCCCCCCCCCC(O)C(CO)NC(=O)CCCCCCCCCCC/C=C\C/C=C\CCCCCCCCCCCOC(=O)CCCCCCCCCCCCCC. The Kier molecular flexibility index (Phi) is 67.4. The molecule has 0 aliphatic rings. The van der Waals surface area contributed by atoms with Crippen molar-refractivity contribution >= 4 is 11.9 Å². The lowest BCUT2D eigenvalue weighted by atomic mass is 10.0. The summed E-state index contributed by atoms with van der Waals surface area (Å²) >= 11 is 0. The zero-order valence-corrected chi connectivity index (χ0v) is 53.6. The first-order valence-electron chi connectivity index (χ1n) is 36.1. The van der Waals surface area contributed by atoms with E-state index in [1.54, 1.807) is 0 Å². The van der Waals surface area contributed by atoms with Crippen LogP contribution in [-0.2, 0) is 14.3 Å². The molecule has 468 valence electrons. The van der Waals surface area contributed by atoms with Crippen molar-refractivity contribution in [2.45, 2.75) is 418 Å². The van der Waals surface area contributed by atoms with Crippen LogP contribution in [0.3, 0.4) is 0 Å². The van der Waals surface area contributed by atoms with Gasteiger partial charge in [-0.25, -0.2) is 0 Å². The molecule has 0 bridgehead atoms. The van der Waals surface area contributed by atoms with Crippen molar-refractivity contribution in [1.29, 1.82) is 0 Å². The van der Waals surface area contributed by atoms with Gasteiger partial charge in [-0.1, -0.05) is 359 Å². The Labute approximate surface area is 494 Å². The van der Waals surface area contributed by atoms with Crippen LogP contribution < -0.4 is 5.32 Å². The summed E-state index contributed by atoms with van der Waals surface area (Å²) < 4.78 is 5.48. The van der Waals surface area contributed by atoms with E-state index in [-0.39, 0.29) is 18.5 Å². The van der Waals surface area contributed by atoms with Crippen molar-refractivity contribution in [1.82, 2.24) is 5.32 Å². The summed E-state index contributed by atoms with van der Waals surface area (Å²) in [5, 5.41) is 23.4. The molecule has 0 aromatic rings. The third-order valence-corrected chi connectivity index (χ3v) is 17.0. The molecule has 0 saturated heterocycles. The number of aliphatic hydroxyl groups is 2. The van der Waals surface area contributed by atoms with E-state index in [0.29, 0.717) is 25.9 Å². The second kappa shape index (κ2) is 68.8. The molecule has 0 radical (unpaired) electrons. The van der Waals surface area contributed by atoms with Crippen molar-refractivity contribution in [3.63, 3.8) is 0 Å². The number of carbonyl (C=O) groups excluding carboxylic acids is 2. The predicted molar refractivity (Wildman–Crippen MR) is 347 cm³/mol. The van der Waals surface area contributed by atoms with E-state index in [2.05, 4.69) is 43.5 Å². The highest BCUT2D eigenvalue weighted by Crippen LogP contribution is 2.19. The lowest BCUT2D eigenvalue weighted by Crippen LogP contribution is -2.45. The minimum Gasteiger partial charge on any atom is -0.466 e. The highest BCUT2D eigenvalue weighted by atomic mass is 16.5. The summed E-state index contributed by atoms with van der Waals surface area (Å²) in [4.78, 5) is 24.6. The van der Waals surface area contributed by atoms with E-state index in [1.807, 2.05) is 0 Å². The Morgan fingerprint density at radius 1 is 0.354 bits per heavy atom. The summed E-state index contributed by atoms with van der Waals surface area (Å²) in [5.41, 5.74) is 0. The number of hydrogen-bond acceptors (Lipinski definition) is 5. The molecular formula is C73H141NO5. The van der Waals surface area contributed by atoms with Crippen molar-refractivity contribution in [2.24, 2.45) is 0 Å². The molecule has 0 heterocycles. The fraction of sp³-hybridized carbons (Fsp3) is 0.918. The van der Waals surface area contributed by atoms with Gasteiger partial charge in [0.25, 0.3) is 0 Å². The maximum atomic E-state index is 12.6. The van der Waals surface area contributed by atoms with Gasteiger partial charge in [0.05, 0.1) is 25.4 Å². The molecule has 0 fully saturated rings. The molecule has 0 aromatic carbocycles. The predicted octanol–water partition coefficient (Wildman–Crippen LogP) is 23.3. The summed E-state index contributed by atoms with van der Waals surface area (Å²) in [6.07, 6.45) is 86.6. The number of aliphatic hydroxyl groups excluding tert-OH is 2. The number of allylic oxidation sites excluding steroid dienone is 4. The number of amides is 1. The molecule has 0 saturated carbocycles. The van der Waals surface area contributed by atoms with Gasteiger partial charge in [0.1, 0.15) is 0 Å². The first kappa shape index (κ1) is 77.3. The number of rotatable bonds is 68. The van der Waals surface area contributed by atoms with E-state index >= 15 is 0 Å². The Balaban J connectivity index is 3.43. The maximum absolute atomic E-state index is 12.6. The van der Waals surface area contributed by atoms with Crippen LogP contribution in [0.4, 0.5) is 0 Å². The highest BCUT2D eigenvalue weighted by Gasteiger charge is 2.20. The normalized spacial score (nSPS) is 12.6. The van der Waals surface area contributed by atoms with Crippen LogP contribution in [0.1, 0.15) is 406 Å². The molecule has 0 aromatic heterocycles. The minimum atomic E-state index is -0.670. The van der Waals surface area contributed by atoms with Crippen LogP contribution >= 0.6 is 0 Å². The van der Waals surface area contributed by atoms with Crippen LogP contribution in [0.2, 0.25) is 0 Å². The second-order valence-electron chi connectivity index (χ2n) is 24.9. The van der Waals surface area contributed by atoms with Crippen LogP contribution in [0.15, 0.2) is 24.3 Å². The highest BCUT2D eigenvalue weighted by molar-refractivity contribution is 5.76. The Morgan fingerprint density at radius 3 is 0.962 bits per heavy atom. The van der Waals surface area contributed by atoms with Gasteiger partial charge in [0.2, 0.25) is 5.91 Å². The molecule has 2 atom stereocenters. The van der Waals surface area contributed by atoms with Gasteiger partial charge < -0.3 is 20.3 Å². The van der Waals surface area contributed by atoms with Crippen LogP contribution in [-0.4, -0.2) is 47.4 Å². The van der Waals surface area contributed by atoms with Crippen molar-refractivity contribution in [2.75, 3.05) is 13.2 Å². The molecular weight excluding hydrogens is 971 g/mol. The second-order valence-corrected chi connectivity index (χ2v) is 24.9. The number of nitrogens with one attached hydrogen (secondary N) is 1. The van der Waals surface area contributed by atoms with E-state index in [4.69, 9.17) is 4.74 Å². The largest absolute Gasteiger partial charge is 0.466 e. The van der Waals surface area contributed by atoms with E-state index in [9.17, 15) is 19.8 Å². The number of esters is 1. The van der Waals surface area contributed by atoms with E-state index < -0.39 is 12.1 Å². The molecule has 3 N–H and O–H groups in total. The van der Waals surface area contributed by atoms with Gasteiger partial charge >= 0.3 is 5.97 Å². The van der Waals surface area contributed by atoms with Crippen LogP contribution in [0.25, 0.3) is 0 Å². The fourth-order valence-corrected chi connectivity index (χ4v) is 11.5. The minimum absolute atomic E-state index is 0.0106. The molecule has 0 spiro atoms. The van der Waals surface area contributed by atoms with Crippen molar-refractivity contribution < 1.29 is 24.5 Å². The Morgan fingerprint density at radius 2 is 0.633 bits per heavy atom. The summed E-state index contributed by atoms with van der Waals surface area (Å²) in [6.45, 7) is 4.99. The number of unbranched alkanes of at least 4 members (excludes halogenated alkanes) is 53. The van der Waals surface area contributed by atoms with Gasteiger partial charge in [-0.3, -0.25) is 9.59 Å². The average Bonchev–Trinajstić information content (AvgIpc) is 3.45. The van der Waals surface area contributed by atoms with Crippen molar-refractivity contribution in [3.05, 3.63) is 24.3 Å². The van der Waals surface area contributed by atoms with Gasteiger partial charge in [-0.15, -0.1) is 0 Å². The average molecular weight is 1110 g/mol. The van der Waals surface area contributed by atoms with Gasteiger partial charge in [0.15, 0.2) is 0 Å². The lowest BCUT2D eigenvalue weighted by molar-refractivity contribution is -0.143. The Hall–Kier alpha value is -1.66. The number of carbonyl (C=O) groups is 2. The Bertz CT molecular complexity index is 1230. The van der Waals surface area contributed by atoms with Crippen LogP contribution in [0, 0.1) is 0 Å². The molecule has 2 unspecified atom stereocenters. The van der Waals surface area contributed by atoms with Gasteiger partial charge in [0, 0.05) is 12.8 Å². The van der Waals surface area contributed by atoms with Gasteiger partial charge in [-0.2, -0.15) is 0 Å². The first-order chi connectivity index (χ1) is 39.0. The first-order valence-corrected chi connectivity index (χ1v) is 36.1. The zero-order chi connectivity index (χ0) is 57.1. The van der Waals surface area contributed by atoms with E-state index in [1.165, 1.54) is 327 Å². The summed E-state index contributed by atoms with van der Waals surface area (Å²) in [6, 6.07) is -0.548. The monoisotopic (exact) mass is 1110 g/mol. The molecule has 0 aliphatic heterocycles. The third-order valence-electron chi connectivity index (χ3n) is 17.0. The van der Waals surface area contributed by atoms with Crippen molar-refractivity contribution in [3.8, 4) is 0 Å². The topological polar surface area (TPSA) is 95.9 Å². The molecule has 0 rings (SSSR count). The molecule has 1 amide bonds. The molecule has 6 heteroatoms. The third kappa shape index (κ3) is 65.4. The smallest absolute Gasteiger partial charge is 0.305 e. The fourth-order valence-electron chi connectivity index (χ4n) is 11.5. The summed E-state index contributed by atoms with van der Waals surface area (Å²) in [5.74, 6) is -0.0255. The lowest BCUT2D eigenvalue weighted by Gasteiger charge is -2.22. The standard InChI is InChI=1S/C73H141NO5/c1-3-5-7-9-11-13-15-17-18-19-20-21-22-24-27-30-33-36-39-42-45-49-53-57-61-65-71(76)70(69-75)74-72(77)66-62-58-54-50-46-43-40-37-34-31-28-25-23-26-29-32-35-38-41-44-48-52-56-60-64-68-79-73(78)67-63-59-55-51-47-16-14-12-10-8-6-4-2/h25-26,28-29,70-71,75-76H,3-24,27,30-69H2,1-2H3,(H,74,77)/b28-25-,29-26-. The summed E-state index contributed by atoms with van der Waals surface area (Å²) in [7, 11) is 0. The zero-order valence-electron chi connectivity index (χ0n) is 53.6. The quantitative estimate of drug-likeness (QED) is 0.0320. The van der Waals surface area contributed by atoms with Crippen LogP contribution in [0.5, 0.6) is 0 Å². The number of hydrogen-bond donors (Lipinski definition) is 3. The number of ether oxygens (including phenoxy) is 1. The maximum Gasteiger partial charge on any atom is 0.305 e. The molecule has 79 heavy (non-hydrogen) atoms. The molecule has 0 aliphatic carbocycles. The van der Waals surface area contributed by atoms with Gasteiger partial charge in [-0.05, 0) is 57.8 Å².